The van der Waals surface area contributed by atoms with Gasteiger partial charge in [0.1, 0.15) is 0 Å². The van der Waals surface area contributed by atoms with E-state index in [1.165, 1.54) is 0 Å². The summed E-state index contributed by atoms with van der Waals surface area (Å²) in [5.74, 6) is 0. The molecule has 2 heterocycles. The first kappa shape index (κ1) is 9.62. The molecule has 0 unspecified atom stereocenters. The standard InChI is InChI=1S/C11H13N3O2/c12-7-4-5-14-9-6(10(7)15)2-1-3-8(9)13-11(14)16/h1-3,7,10,15H,4-5,12H2,(H,13,16)/t7-,10-/m0/s1. The number of nitrogens with two attached hydrogens (primary N) is 1. The Labute approximate surface area is 91.5 Å². The van der Waals surface area contributed by atoms with Crippen molar-refractivity contribution >= 4 is 11.0 Å². The van der Waals surface area contributed by atoms with Gasteiger partial charge < -0.3 is 15.8 Å². The van der Waals surface area contributed by atoms with Crippen LogP contribution in [0.3, 0.4) is 0 Å². The highest BCUT2D eigenvalue weighted by molar-refractivity contribution is 5.79. The fourth-order valence-electron chi connectivity index (χ4n) is 2.37. The second-order valence-electron chi connectivity index (χ2n) is 4.22. The first-order valence-electron chi connectivity index (χ1n) is 5.33. The molecule has 2 atom stereocenters. The maximum atomic E-state index is 11.7. The number of imidazole rings is 1. The summed E-state index contributed by atoms with van der Waals surface area (Å²) in [7, 11) is 0. The van der Waals surface area contributed by atoms with Gasteiger partial charge in [-0.15, -0.1) is 0 Å². The van der Waals surface area contributed by atoms with E-state index in [0.717, 1.165) is 16.6 Å². The van der Waals surface area contributed by atoms with Crippen LogP contribution in [0.4, 0.5) is 0 Å². The van der Waals surface area contributed by atoms with Gasteiger partial charge in [0.25, 0.3) is 0 Å². The van der Waals surface area contributed by atoms with Gasteiger partial charge in [-0.05, 0) is 12.5 Å². The Morgan fingerprint density at radius 3 is 3.12 bits per heavy atom. The lowest BCUT2D eigenvalue weighted by Gasteiger charge is -2.15. The van der Waals surface area contributed by atoms with Crippen LogP contribution < -0.4 is 11.4 Å². The highest BCUT2D eigenvalue weighted by atomic mass is 16.3. The number of aliphatic hydroxyl groups excluding tert-OH is 1. The molecular weight excluding hydrogens is 206 g/mol. The number of H-pyrrole nitrogens is 1. The number of nitrogens with zero attached hydrogens (tertiary/aromatic N) is 1. The van der Waals surface area contributed by atoms with Crippen LogP contribution in [0, 0.1) is 0 Å². The number of benzene rings is 1. The van der Waals surface area contributed by atoms with E-state index in [9.17, 15) is 9.90 Å². The molecule has 0 radical (unpaired) electrons. The van der Waals surface area contributed by atoms with E-state index in [1.807, 2.05) is 18.2 Å². The zero-order valence-corrected chi connectivity index (χ0v) is 8.68. The second kappa shape index (κ2) is 3.20. The highest BCUT2D eigenvalue weighted by Gasteiger charge is 2.25. The minimum atomic E-state index is -0.701. The van der Waals surface area contributed by atoms with Gasteiger partial charge in [-0.25, -0.2) is 4.79 Å². The highest BCUT2D eigenvalue weighted by Crippen LogP contribution is 2.28. The van der Waals surface area contributed by atoms with E-state index in [1.54, 1.807) is 4.57 Å². The van der Waals surface area contributed by atoms with Gasteiger partial charge in [0.15, 0.2) is 0 Å². The molecule has 0 bridgehead atoms. The maximum Gasteiger partial charge on any atom is 0.326 e. The van der Waals surface area contributed by atoms with E-state index in [0.29, 0.717) is 13.0 Å². The molecule has 1 aromatic carbocycles. The van der Waals surface area contributed by atoms with Crippen LogP contribution in [0.25, 0.3) is 11.0 Å². The minimum Gasteiger partial charge on any atom is -0.387 e. The topological polar surface area (TPSA) is 84.0 Å². The lowest BCUT2D eigenvalue weighted by atomic mass is 10.0. The van der Waals surface area contributed by atoms with E-state index in [-0.39, 0.29) is 11.7 Å². The SMILES string of the molecule is N[C@H]1CCn2c(=O)[nH]c3cccc(c32)[C@@H]1O. The zero-order valence-electron chi connectivity index (χ0n) is 8.68. The monoisotopic (exact) mass is 219 g/mol. The van der Waals surface area contributed by atoms with Crippen LogP contribution in [0.1, 0.15) is 18.1 Å². The predicted octanol–water partition coefficient (Wildman–Crippen LogP) is 0.0940. The Hall–Kier alpha value is -1.59. The van der Waals surface area contributed by atoms with Crippen molar-refractivity contribution in [3.63, 3.8) is 0 Å². The maximum absolute atomic E-state index is 11.7. The molecule has 0 saturated heterocycles. The Morgan fingerprint density at radius 2 is 2.31 bits per heavy atom. The van der Waals surface area contributed by atoms with Gasteiger partial charge in [0.05, 0.1) is 17.1 Å². The van der Waals surface area contributed by atoms with E-state index in [4.69, 9.17) is 5.73 Å². The summed E-state index contributed by atoms with van der Waals surface area (Å²) in [5.41, 5.74) is 8.01. The molecule has 0 saturated carbocycles. The van der Waals surface area contributed by atoms with Crippen LogP contribution in [0.5, 0.6) is 0 Å². The summed E-state index contributed by atoms with van der Waals surface area (Å²) in [6.45, 7) is 0.550. The van der Waals surface area contributed by atoms with Crippen LogP contribution >= 0.6 is 0 Å². The summed E-state index contributed by atoms with van der Waals surface area (Å²) in [4.78, 5) is 14.5. The molecule has 0 spiro atoms. The Balaban J connectivity index is 2.41. The van der Waals surface area contributed by atoms with Gasteiger partial charge in [-0.1, -0.05) is 12.1 Å². The summed E-state index contributed by atoms with van der Waals surface area (Å²) in [6.07, 6.45) is -0.101. The van der Waals surface area contributed by atoms with Crippen molar-refractivity contribution in [2.24, 2.45) is 5.73 Å². The fraction of sp³-hybridized carbons (Fsp3) is 0.364. The molecule has 1 aliphatic heterocycles. The molecule has 84 valence electrons. The first-order chi connectivity index (χ1) is 7.68. The molecule has 1 aromatic heterocycles. The molecule has 16 heavy (non-hydrogen) atoms. The lowest BCUT2D eigenvalue weighted by Crippen LogP contribution is -2.28. The smallest absolute Gasteiger partial charge is 0.326 e. The summed E-state index contributed by atoms with van der Waals surface area (Å²) in [5, 5.41) is 10.1. The zero-order chi connectivity index (χ0) is 11.3. The number of aryl methyl sites for hydroxylation is 1. The largest absolute Gasteiger partial charge is 0.387 e. The van der Waals surface area contributed by atoms with Gasteiger partial charge in [0.2, 0.25) is 0 Å². The molecule has 5 nitrogen and oxygen atoms in total. The van der Waals surface area contributed by atoms with Crippen molar-refractivity contribution in [1.82, 2.24) is 9.55 Å². The van der Waals surface area contributed by atoms with Crippen molar-refractivity contribution in [3.05, 3.63) is 34.2 Å². The Morgan fingerprint density at radius 1 is 1.50 bits per heavy atom. The number of hydrogen-bond acceptors (Lipinski definition) is 3. The molecule has 2 aromatic rings. The van der Waals surface area contributed by atoms with Gasteiger partial charge in [-0.2, -0.15) is 0 Å². The minimum absolute atomic E-state index is 0.135. The third kappa shape index (κ3) is 1.15. The van der Waals surface area contributed by atoms with E-state index < -0.39 is 6.10 Å². The summed E-state index contributed by atoms with van der Waals surface area (Å²) >= 11 is 0. The molecule has 5 heteroatoms. The molecule has 0 aliphatic carbocycles. The second-order valence-corrected chi connectivity index (χ2v) is 4.22. The number of aliphatic hydroxyl groups is 1. The van der Waals surface area contributed by atoms with Gasteiger partial charge in [-0.3, -0.25) is 4.57 Å². The van der Waals surface area contributed by atoms with E-state index >= 15 is 0 Å². The predicted molar refractivity (Wildman–Crippen MR) is 60.1 cm³/mol. The quantitative estimate of drug-likeness (QED) is 0.587. The van der Waals surface area contributed by atoms with Gasteiger partial charge in [0, 0.05) is 18.2 Å². The normalized spacial score (nSPS) is 24.6. The van der Waals surface area contributed by atoms with Crippen LogP contribution in [0.2, 0.25) is 0 Å². The number of aromatic amines is 1. The average molecular weight is 219 g/mol. The van der Waals surface area contributed by atoms with Crippen LogP contribution in [-0.4, -0.2) is 20.7 Å². The summed E-state index contributed by atoms with van der Waals surface area (Å²) in [6, 6.07) is 5.16. The number of para-hydroxylation sites is 1. The molecule has 1 aliphatic rings. The van der Waals surface area contributed by atoms with E-state index in [2.05, 4.69) is 4.98 Å². The number of hydrogen-bond donors (Lipinski definition) is 3. The Kier molecular flexibility index (Phi) is 1.92. The first-order valence-corrected chi connectivity index (χ1v) is 5.33. The van der Waals surface area contributed by atoms with Crippen molar-refractivity contribution in [2.75, 3.05) is 0 Å². The molecule has 0 amide bonds. The van der Waals surface area contributed by atoms with Crippen molar-refractivity contribution in [2.45, 2.75) is 25.1 Å². The van der Waals surface area contributed by atoms with Crippen molar-refractivity contribution < 1.29 is 5.11 Å². The van der Waals surface area contributed by atoms with Crippen LogP contribution in [0.15, 0.2) is 23.0 Å². The number of nitrogens with one attached hydrogen (secondary N) is 1. The van der Waals surface area contributed by atoms with Gasteiger partial charge >= 0.3 is 5.69 Å². The lowest BCUT2D eigenvalue weighted by molar-refractivity contribution is 0.144. The third-order valence-corrected chi connectivity index (χ3v) is 3.23. The van der Waals surface area contributed by atoms with Crippen molar-refractivity contribution in [3.8, 4) is 0 Å². The summed E-state index contributed by atoms with van der Waals surface area (Å²) < 4.78 is 1.65. The molecular formula is C11H13N3O2. The van der Waals surface area contributed by atoms with Crippen LogP contribution in [-0.2, 0) is 6.54 Å². The molecule has 3 rings (SSSR count). The average Bonchev–Trinajstić information content (AvgIpc) is 2.53. The Bertz CT molecular complexity index is 599. The molecule has 4 N–H and O–H groups in total. The van der Waals surface area contributed by atoms with Crippen molar-refractivity contribution in [1.29, 1.82) is 0 Å². The number of aromatic nitrogens is 2. The number of rotatable bonds is 0. The molecule has 0 fully saturated rings. The fourth-order valence-corrected chi connectivity index (χ4v) is 2.37. The third-order valence-electron chi connectivity index (χ3n) is 3.23.